The number of hydrogen-bond donors (Lipinski definition) is 1. The lowest BCUT2D eigenvalue weighted by Gasteiger charge is -2.16. The van der Waals surface area contributed by atoms with Crippen LogP contribution in [0.2, 0.25) is 10.0 Å². The molecule has 16 heavy (non-hydrogen) atoms. The van der Waals surface area contributed by atoms with Gasteiger partial charge >= 0.3 is 0 Å². The lowest BCUT2D eigenvalue weighted by molar-refractivity contribution is 0.379. The van der Waals surface area contributed by atoms with Gasteiger partial charge in [-0.2, -0.15) is 0 Å². The molecule has 2 nitrogen and oxygen atoms in total. The van der Waals surface area contributed by atoms with Crippen molar-refractivity contribution in [3.8, 4) is 0 Å². The van der Waals surface area contributed by atoms with E-state index in [-0.39, 0.29) is 6.04 Å². The fourth-order valence-corrected chi connectivity index (χ4v) is 1.91. The second-order valence-corrected chi connectivity index (χ2v) is 5.05. The minimum Gasteiger partial charge on any atom is -0.327 e. The van der Waals surface area contributed by atoms with E-state index in [2.05, 4.69) is 4.90 Å². The molecule has 0 spiro atoms. The van der Waals surface area contributed by atoms with Crippen LogP contribution in [0.5, 0.6) is 0 Å². The molecule has 0 bridgehead atoms. The summed E-state index contributed by atoms with van der Waals surface area (Å²) in [4.78, 5) is 2.12. The largest absolute Gasteiger partial charge is 0.327 e. The summed E-state index contributed by atoms with van der Waals surface area (Å²) in [5.41, 5.74) is 7.07. The minimum absolute atomic E-state index is 0.123. The van der Waals surface area contributed by atoms with E-state index in [9.17, 15) is 0 Å². The first-order chi connectivity index (χ1) is 7.50. The van der Waals surface area contributed by atoms with Crippen molar-refractivity contribution in [1.29, 1.82) is 0 Å². The third-order valence-electron chi connectivity index (χ3n) is 2.46. The zero-order valence-corrected chi connectivity index (χ0v) is 11.2. The Kier molecular flexibility index (Phi) is 5.56. The maximum absolute atomic E-state index is 6.10. The van der Waals surface area contributed by atoms with E-state index in [1.165, 1.54) is 0 Å². The summed E-state index contributed by atoms with van der Waals surface area (Å²) in [6, 6.07) is 5.79. The molecule has 1 rings (SSSR count). The summed E-state index contributed by atoms with van der Waals surface area (Å²) in [6.07, 6.45) is 1.73. The third-order valence-corrected chi connectivity index (χ3v) is 3.32. The highest BCUT2D eigenvalue weighted by Gasteiger charge is 2.09. The molecule has 1 aromatic rings. The van der Waals surface area contributed by atoms with E-state index in [1.807, 2.05) is 26.2 Å². The summed E-state index contributed by atoms with van der Waals surface area (Å²) >= 11 is 12.0. The number of hydrogen-bond acceptors (Lipinski definition) is 2. The van der Waals surface area contributed by atoms with Crippen molar-refractivity contribution in [2.45, 2.75) is 18.9 Å². The summed E-state index contributed by atoms with van der Waals surface area (Å²) in [6.45, 7) is 0.985. The van der Waals surface area contributed by atoms with E-state index in [1.54, 1.807) is 6.07 Å². The van der Waals surface area contributed by atoms with Crippen molar-refractivity contribution < 1.29 is 0 Å². The summed E-state index contributed by atoms with van der Waals surface area (Å²) in [5, 5.41) is 1.23. The second kappa shape index (κ2) is 6.45. The average Bonchev–Trinajstić information content (AvgIpc) is 2.22. The van der Waals surface area contributed by atoms with Gasteiger partial charge in [0.05, 0.1) is 10.0 Å². The average molecular weight is 261 g/mol. The molecule has 0 aliphatic rings. The van der Waals surface area contributed by atoms with Crippen LogP contribution in [-0.4, -0.2) is 31.6 Å². The standard InChI is InChI=1S/C12H18Cl2N2/c1-16(2)7-6-10(15)8-9-4-3-5-11(13)12(9)14/h3-5,10H,6-8,15H2,1-2H3. The highest BCUT2D eigenvalue weighted by molar-refractivity contribution is 6.42. The predicted molar refractivity (Wildman–Crippen MR) is 71.3 cm³/mol. The summed E-state index contributed by atoms with van der Waals surface area (Å²) < 4.78 is 0. The van der Waals surface area contributed by atoms with E-state index in [0.29, 0.717) is 10.0 Å². The Morgan fingerprint density at radius 2 is 2.00 bits per heavy atom. The lowest BCUT2D eigenvalue weighted by atomic mass is 10.0. The molecule has 0 fully saturated rings. The Hall–Kier alpha value is -0.280. The first-order valence-corrected chi connectivity index (χ1v) is 6.09. The van der Waals surface area contributed by atoms with Crippen molar-refractivity contribution in [3.63, 3.8) is 0 Å². The normalized spacial score (nSPS) is 13.1. The zero-order valence-electron chi connectivity index (χ0n) is 9.71. The zero-order chi connectivity index (χ0) is 12.1. The Labute approximate surface area is 107 Å². The Morgan fingerprint density at radius 1 is 1.31 bits per heavy atom. The smallest absolute Gasteiger partial charge is 0.0624 e. The molecule has 0 aromatic heterocycles. The number of nitrogens with zero attached hydrogens (tertiary/aromatic N) is 1. The van der Waals surface area contributed by atoms with Crippen molar-refractivity contribution in [2.75, 3.05) is 20.6 Å². The Balaban J connectivity index is 2.56. The van der Waals surface area contributed by atoms with Crippen molar-refractivity contribution in [2.24, 2.45) is 5.73 Å². The molecular weight excluding hydrogens is 243 g/mol. The molecular formula is C12H18Cl2N2. The number of nitrogens with two attached hydrogens (primary N) is 1. The van der Waals surface area contributed by atoms with E-state index < -0.39 is 0 Å². The van der Waals surface area contributed by atoms with Gasteiger partial charge in [0.15, 0.2) is 0 Å². The molecule has 1 atom stereocenters. The second-order valence-electron chi connectivity index (χ2n) is 4.27. The highest BCUT2D eigenvalue weighted by Crippen LogP contribution is 2.26. The summed E-state index contributed by atoms with van der Waals surface area (Å²) in [5.74, 6) is 0. The fraction of sp³-hybridized carbons (Fsp3) is 0.500. The number of rotatable bonds is 5. The van der Waals surface area contributed by atoms with Crippen LogP contribution in [0.25, 0.3) is 0 Å². The predicted octanol–water partition coefficient (Wildman–Crippen LogP) is 2.81. The first-order valence-electron chi connectivity index (χ1n) is 5.34. The van der Waals surface area contributed by atoms with Gasteiger partial charge in [0, 0.05) is 6.04 Å². The molecule has 0 heterocycles. The van der Waals surface area contributed by atoms with Gasteiger partial charge in [-0.1, -0.05) is 35.3 Å². The third kappa shape index (κ3) is 4.30. The quantitative estimate of drug-likeness (QED) is 0.883. The molecule has 2 N–H and O–H groups in total. The van der Waals surface area contributed by atoms with Gasteiger partial charge in [-0.3, -0.25) is 0 Å². The monoisotopic (exact) mass is 260 g/mol. The van der Waals surface area contributed by atoms with Crippen LogP contribution in [0.15, 0.2) is 18.2 Å². The van der Waals surface area contributed by atoms with E-state index in [0.717, 1.165) is 24.9 Å². The SMILES string of the molecule is CN(C)CCC(N)Cc1cccc(Cl)c1Cl. The Morgan fingerprint density at radius 3 is 2.62 bits per heavy atom. The minimum atomic E-state index is 0.123. The van der Waals surface area contributed by atoms with E-state index >= 15 is 0 Å². The van der Waals surface area contributed by atoms with Crippen LogP contribution in [0.3, 0.4) is 0 Å². The molecule has 0 aliphatic heterocycles. The van der Waals surface area contributed by atoms with Gasteiger partial charge in [0.1, 0.15) is 0 Å². The van der Waals surface area contributed by atoms with Gasteiger partial charge in [-0.25, -0.2) is 0 Å². The van der Waals surface area contributed by atoms with Crippen molar-refractivity contribution in [1.82, 2.24) is 4.90 Å². The molecule has 0 aliphatic carbocycles. The molecule has 0 radical (unpaired) electrons. The maximum Gasteiger partial charge on any atom is 0.0624 e. The van der Waals surface area contributed by atoms with Gasteiger partial charge in [0.25, 0.3) is 0 Å². The fourth-order valence-electron chi connectivity index (χ4n) is 1.51. The molecule has 4 heteroatoms. The molecule has 90 valence electrons. The first kappa shape index (κ1) is 13.8. The van der Waals surface area contributed by atoms with Gasteiger partial charge in [-0.05, 0) is 45.1 Å². The Bertz CT molecular complexity index is 340. The van der Waals surface area contributed by atoms with Crippen LogP contribution < -0.4 is 5.73 Å². The van der Waals surface area contributed by atoms with Crippen LogP contribution >= 0.6 is 23.2 Å². The van der Waals surface area contributed by atoms with Crippen molar-refractivity contribution in [3.05, 3.63) is 33.8 Å². The maximum atomic E-state index is 6.10. The molecule has 0 saturated heterocycles. The number of benzene rings is 1. The number of halogens is 2. The summed E-state index contributed by atoms with van der Waals surface area (Å²) in [7, 11) is 4.08. The van der Waals surface area contributed by atoms with Gasteiger partial charge < -0.3 is 10.6 Å². The molecule has 1 unspecified atom stereocenters. The van der Waals surface area contributed by atoms with Crippen LogP contribution in [0, 0.1) is 0 Å². The molecule has 0 saturated carbocycles. The van der Waals surface area contributed by atoms with Crippen LogP contribution in [-0.2, 0) is 6.42 Å². The highest BCUT2D eigenvalue weighted by atomic mass is 35.5. The topological polar surface area (TPSA) is 29.3 Å². The molecule has 0 amide bonds. The van der Waals surface area contributed by atoms with Crippen LogP contribution in [0.1, 0.15) is 12.0 Å². The lowest BCUT2D eigenvalue weighted by Crippen LogP contribution is -2.28. The van der Waals surface area contributed by atoms with Gasteiger partial charge in [0.2, 0.25) is 0 Å². The molecule has 1 aromatic carbocycles. The van der Waals surface area contributed by atoms with Gasteiger partial charge in [-0.15, -0.1) is 0 Å². The van der Waals surface area contributed by atoms with Crippen molar-refractivity contribution >= 4 is 23.2 Å². The van der Waals surface area contributed by atoms with E-state index in [4.69, 9.17) is 28.9 Å². The van der Waals surface area contributed by atoms with Crippen LogP contribution in [0.4, 0.5) is 0 Å².